The lowest BCUT2D eigenvalue weighted by Crippen LogP contribution is -2.44. The van der Waals surface area contributed by atoms with E-state index in [2.05, 4.69) is 15.9 Å². The van der Waals surface area contributed by atoms with Crippen LogP contribution in [0.25, 0.3) is 0 Å². The van der Waals surface area contributed by atoms with Crippen LogP contribution >= 0.6 is 15.9 Å². The zero-order valence-electron chi connectivity index (χ0n) is 17.5. The van der Waals surface area contributed by atoms with Crippen molar-refractivity contribution in [1.82, 2.24) is 4.31 Å². The number of ketones is 1. The lowest BCUT2D eigenvalue weighted by Gasteiger charge is -2.30. The number of likely N-dealkylation sites (N-methyl/N-ethyl adjacent to an activating group) is 1. The number of carbonyl (C=O) groups is 1. The first-order chi connectivity index (χ1) is 14.8. The predicted octanol–water partition coefficient (Wildman–Crippen LogP) is 5.01. The monoisotopic (exact) mass is 501 g/mol. The van der Waals surface area contributed by atoms with Crippen molar-refractivity contribution < 1.29 is 17.9 Å². The molecule has 31 heavy (non-hydrogen) atoms. The molecular weight excluding hydrogens is 478 g/mol. The summed E-state index contributed by atoms with van der Waals surface area (Å²) in [6.07, 6.45) is 0. The topological polar surface area (TPSA) is 63.7 Å². The molecule has 0 saturated heterocycles. The van der Waals surface area contributed by atoms with Crippen molar-refractivity contribution >= 4 is 31.7 Å². The number of halogens is 1. The first kappa shape index (κ1) is 23.2. The third-order valence-corrected chi connectivity index (χ3v) is 7.99. The zero-order valence-corrected chi connectivity index (χ0v) is 19.9. The summed E-state index contributed by atoms with van der Waals surface area (Å²) >= 11 is 3.61. The number of hydrogen-bond donors (Lipinski definition) is 0. The molecule has 0 fully saturated rings. The fourth-order valence-corrected chi connectivity index (χ4v) is 5.64. The molecule has 0 amide bonds. The zero-order chi connectivity index (χ0) is 22.6. The van der Waals surface area contributed by atoms with Crippen molar-refractivity contribution in [3.05, 3.63) is 95.6 Å². The molecule has 0 N–H and O–H groups in total. The number of hydrogen-bond acceptors (Lipinski definition) is 4. The van der Waals surface area contributed by atoms with Gasteiger partial charge in [0, 0.05) is 12.6 Å². The molecule has 3 aromatic carbocycles. The number of ether oxygens (including phenoxy) is 1. The van der Waals surface area contributed by atoms with E-state index in [1.54, 1.807) is 73.8 Å². The number of rotatable bonds is 8. The first-order valence-corrected chi connectivity index (χ1v) is 12.0. The Balaban J connectivity index is 2.08. The Morgan fingerprint density at radius 1 is 0.968 bits per heavy atom. The smallest absolute Gasteiger partial charge is 0.243 e. The van der Waals surface area contributed by atoms with Crippen LogP contribution in [0, 0.1) is 6.92 Å². The molecule has 5 nitrogen and oxygen atoms in total. The molecule has 162 valence electrons. The Kier molecular flexibility index (Phi) is 7.30. The maximum absolute atomic E-state index is 13.5. The number of sulfonamides is 1. The lowest BCUT2D eigenvalue weighted by molar-refractivity contribution is 0.0906. The van der Waals surface area contributed by atoms with Crippen LogP contribution in [0.1, 0.15) is 26.3 Å². The molecule has 7 heteroatoms. The number of benzene rings is 3. The highest BCUT2D eigenvalue weighted by atomic mass is 79.9. The van der Waals surface area contributed by atoms with E-state index in [0.29, 0.717) is 11.3 Å². The highest BCUT2D eigenvalue weighted by Crippen LogP contribution is 2.35. The van der Waals surface area contributed by atoms with Gasteiger partial charge in [-0.05, 0) is 36.8 Å². The van der Waals surface area contributed by atoms with Gasteiger partial charge >= 0.3 is 0 Å². The highest BCUT2D eigenvalue weighted by molar-refractivity contribution is 9.09. The van der Waals surface area contributed by atoms with Crippen LogP contribution in [0.4, 0.5) is 0 Å². The van der Waals surface area contributed by atoms with Gasteiger partial charge in [-0.3, -0.25) is 4.79 Å². The lowest BCUT2D eigenvalue weighted by atomic mass is 9.97. The number of carbonyl (C=O) groups excluding carboxylic acids is 1. The van der Waals surface area contributed by atoms with Crippen molar-refractivity contribution in [2.45, 2.75) is 22.7 Å². The second-order valence-corrected chi connectivity index (χ2v) is 10.2. The summed E-state index contributed by atoms with van der Waals surface area (Å²) in [7, 11) is -0.927. The summed E-state index contributed by atoms with van der Waals surface area (Å²) in [5.74, 6) is 0.320. The van der Waals surface area contributed by atoms with Crippen molar-refractivity contribution in [2.24, 2.45) is 0 Å². The number of alkyl halides is 1. The van der Waals surface area contributed by atoms with Gasteiger partial charge < -0.3 is 4.74 Å². The normalized spacial score (nSPS) is 13.6. The van der Waals surface area contributed by atoms with Gasteiger partial charge in [0.2, 0.25) is 10.0 Å². The van der Waals surface area contributed by atoms with E-state index < -0.39 is 20.9 Å². The molecule has 3 rings (SSSR count). The van der Waals surface area contributed by atoms with E-state index in [4.69, 9.17) is 4.74 Å². The minimum Gasteiger partial charge on any atom is -0.497 e. The van der Waals surface area contributed by atoms with Crippen LogP contribution < -0.4 is 4.74 Å². The van der Waals surface area contributed by atoms with E-state index in [1.165, 1.54) is 7.05 Å². The van der Waals surface area contributed by atoms with Crippen LogP contribution in [0.5, 0.6) is 5.75 Å². The minimum atomic E-state index is -3.93. The van der Waals surface area contributed by atoms with Crippen LogP contribution in [-0.4, -0.2) is 38.7 Å². The molecule has 3 aromatic rings. The molecule has 0 bridgehead atoms. The third kappa shape index (κ3) is 5.06. The molecule has 0 aliphatic carbocycles. The molecule has 0 unspecified atom stereocenters. The molecule has 0 aromatic heterocycles. The van der Waals surface area contributed by atoms with E-state index in [1.807, 2.05) is 19.1 Å². The molecule has 0 spiro atoms. The first-order valence-electron chi connectivity index (χ1n) is 9.67. The molecule has 2 atom stereocenters. The Hall–Kier alpha value is -2.48. The largest absolute Gasteiger partial charge is 0.497 e. The summed E-state index contributed by atoms with van der Waals surface area (Å²) in [5.41, 5.74) is 2.12. The summed E-state index contributed by atoms with van der Waals surface area (Å²) in [4.78, 5) is 13.1. The molecular formula is C24H24BrNO4S. The van der Waals surface area contributed by atoms with E-state index in [0.717, 1.165) is 15.4 Å². The summed E-state index contributed by atoms with van der Waals surface area (Å²) in [6.45, 7) is 1.89. The van der Waals surface area contributed by atoms with Gasteiger partial charge in [0.1, 0.15) is 11.8 Å². The minimum absolute atomic E-state index is 0.136. The van der Waals surface area contributed by atoms with Crippen molar-refractivity contribution in [3.8, 4) is 5.75 Å². The summed E-state index contributed by atoms with van der Waals surface area (Å²) < 4.78 is 33.3. The highest BCUT2D eigenvalue weighted by Gasteiger charge is 2.38. The average Bonchev–Trinajstić information content (AvgIpc) is 2.79. The Morgan fingerprint density at radius 2 is 1.61 bits per heavy atom. The Bertz CT molecular complexity index is 1150. The van der Waals surface area contributed by atoms with E-state index in [9.17, 15) is 13.2 Å². The standard InChI is InChI=1S/C24H24BrNO4S/c1-17-12-14-21(15-13-17)31(28,29)26(2)23(24(27)18-8-5-4-6-9-18)22(25)19-10-7-11-20(16-19)30-3/h4-16,22-23H,1-3H3/t22-,23-/m1/s1. The second-order valence-electron chi connectivity index (χ2n) is 7.19. The average molecular weight is 502 g/mol. The van der Waals surface area contributed by atoms with Gasteiger partial charge in [-0.2, -0.15) is 4.31 Å². The summed E-state index contributed by atoms with van der Waals surface area (Å²) in [6, 6.07) is 21.5. The molecule has 0 aliphatic heterocycles. The van der Waals surface area contributed by atoms with Gasteiger partial charge in [-0.15, -0.1) is 0 Å². The molecule has 0 heterocycles. The number of Topliss-reactive ketones (excluding diaryl/α,β-unsaturated/α-hetero) is 1. The van der Waals surface area contributed by atoms with E-state index >= 15 is 0 Å². The molecule has 0 aliphatic rings. The molecule has 0 saturated carbocycles. The Labute approximate surface area is 191 Å². The van der Waals surface area contributed by atoms with Crippen LogP contribution in [-0.2, 0) is 10.0 Å². The SMILES string of the molecule is COc1cccc([C@@H](Br)[C@H](C(=O)c2ccccc2)N(C)S(=O)(=O)c2ccc(C)cc2)c1. The van der Waals surface area contributed by atoms with Gasteiger partial charge in [0.25, 0.3) is 0 Å². The molecule has 0 radical (unpaired) electrons. The van der Waals surface area contributed by atoms with Gasteiger partial charge in [-0.1, -0.05) is 76.1 Å². The fraction of sp³-hybridized carbons (Fsp3) is 0.208. The van der Waals surface area contributed by atoms with E-state index in [-0.39, 0.29) is 10.7 Å². The van der Waals surface area contributed by atoms with Crippen molar-refractivity contribution in [2.75, 3.05) is 14.2 Å². The van der Waals surface area contributed by atoms with Gasteiger partial charge in [0.15, 0.2) is 5.78 Å². The number of methoxy groups -OCH3 is 1. The fourth-order valence-electron chi connectivity index (χ4n) is 3.28. The van der Waals surface area contributed by atoms with Gasteiger partial charge in [0.05, 0.1) is 16.8 Å². The number of nitrogens with zero attached hydrogens (tertiary/aromatic N) is 1. The van der Waals surface area contributed by atoms with Gasteiger partial charge in [-0.25, -0.2) is 8.42 Å². The Morgan fingerprint density at radius 3 is 2.23 bits per heavy atom. The predicted molar refractivity (Wildman–Crippen MR) is 125 cm³/mol. The summed E-state index contributed by atoms with van der Waals surface area (Å²) in [5, 5.41) is 0. The maximum atomic E-state index is 13.5. The van der Waals surface area contributed by atoms with Crippen LogP contribution in [0.15, 0.2) is 83.8 Å². The second kappa shape index (κ2) is 9.77. The quantitative estimate of drug-likeness (QED) is 0.321. The van der Waals surface area contributed by atoms with Crippen LogP contribution in [0.3, 0.4) is 0 Å². The van der Waals surface area contributed by atoms with Crippen molar-refractivity contribution in [3.63, 3.8) is 0 Å². The van der Waals surface area contributed by atoms with Crippen molar-refractivity contribution in [1.29, 1.82) is 0 Å². The number of aryl methyl sites for hydroxylation is 1. The maximum Gasteiger partial charge on any atom is 0.243 e. The van der Waals surface area contributed by atoms with Crippen LogP contribution in [0.2, 0.25) is 0 Å². The third-order valence-electron chi connectivity index (χ3n) is 5.11.